The Kier molecular flexibility index (Phi) is 12.8. The molecule has 2 fully saturated rings. The van der Waals surface area contributed by atoms with Gasteiger partial charge in [0.05, 0.1) is 6.54 Å². The first-order valence-electron chi connectivity index (χ1n) is 10.2. The van der Waals surface area contributed by atoms with Crippen molar-refractivity contribution in [2.24, 2.45) is 4.99 Å². The minimum Gasteiger partial charge on any atom is -0.381 e. The van der Waals surface area contributed by atoms with Crippen molar-refractivity contribution >= 4 is 47.6 Å². The molecule has 1 amide bonds. The van der Waals surface area contributed by atoms with E-state index < -0.39 is 0 Å². The number of guanidine groups is 1. The Bertz CT molecular complexity index is 481. The van der Waals surface area contributed by atoms with Gasteiger partial charge in [0.1, 0.15) is 0 Å². The zero-order valence-electron chi connectivity index (χ0n) is 17.6. The third-order valence-electron chi connectivity index (χ3n) is 5.51. The molecule has 0 atom stereocenters. The molecule has 2 heterocycles. The van der Waals surface area contributed by atoms with Gasteiger partial charge in [0.15, 0.2) is 5.96 Å². The fourth-order valence-corrected chi connectivity index (χ4v) is 4.38. The molecule has 0 spiro atoms. The Morgan fingerprint density at radius 2 is 1.93 bits per heavy atom. The standard InChI is InChI=1S/C19H37N5O2S.HI/c1-4-9-21-17(25)14-24-10-5-16(6-11-24)23-18(20-2)22-15-19(27-3)7-12-26-13-8-19;/h16H,4-15H2,1-3H3,(H,21,25)(H2,20,22,23);1H. The number of aliphatic imine (C=N–C) groups is 1. The summed E-state index contributed by atoms with van der Waals surface area (Å²) in [5, 5.41) is 10.0. The lowest BCUT2D eigenvalue weighted by molar-refractivity contribution is -0.122. The van der Waals surface area contributed by atoms with Crippen molar-refractivity contribution < 1.29 is 9.53 Å². The number of thioether (sulfide) groups is 1. The highest BCUT2D eigenvalue weighted by molar-refractivity contribution is 14.0. The molecular weight excluding hydrogens is 489 g/mol. The van der Waals surface area contributed by atoms with Gasteiger partial charge in [-0.3, -0.25) is 14.7 Å². The molecule has 0 aromatic carbocycles. The first-order valence-corrected chi connectivity index (χ1v) is 11.4. The van der Waals surface area contributed by atoms with Crippen molar-refractivity contribution in [2.45, 2.75) is 49.8 Å². The summed E-state index contributed by atoms with van der Waals surface area (Å²) in [7, 11) is 1.83. The Morgan fingerprint density at radius 3 is 2.50 bits per heavy atom. The van der Waals surface area contributed by atoms with Crippen molar-refractivity contribution in [3.05, 3.63) is 0 Å². The molecule has 9 heteroatoms. The molecule has 0 radical (unpaired) electrons. The summed E-state index contributed by atoms with van der Waals surface area (Å²) in [6, 6.07) is 0.408. The van der Waals surface area contributed by atoms with E-state index in [1.165, 1.54) is 0 Å². The van der Waals surface area contributed by atoms with E-state index >= 15 is 0 Å². The number of ether oxygens (including phenoxy) is 1. The summed E-state index contributed by atoms with van der Waals surface area (Å²) in [5.41, 5.74) is 0. The predicted octanol–water partition coefficient (Wildman–Crippen LogP) is 1.67. The second kappa shape index (κ2) is 13.9. The minimum atomic E-state index is 0. The van der Waals surface area contributed by atoms with Crippen LogP contribution in [0.1, 0.15) is 39.0 Å². The summed E-state index contributed by atoms with van der Waals surface area (Å²) < 4.78 is 5.76. The maximum atomic E-state index is 11.9. The van der Waals surface area contributed by atoms with Crippen LogP contribution in [0.4, 0.5) is 0 Å². The lowest BCUT2D eigenvalue weighted by atomic mass is 9.99. The summed E-state index contributed by atoms with van der Waals surface area (Å²) in [5.74, 6) is 1.02. The maximum Gasteiger partial charge on any atom is 0.234 e. The number of piperidine rings is 1. The molecular formula is C19H38IN5O2S. The van der Waals surface area contributed by atoms with Crippen LogP contribution in [0.2, 0.25) is 0 Å². The number of nitrogens with zero attached hydrogens (tertiary/aromatic N) is 2. The first kappa shape index (κ1) is 25.8. The van der Waals surface area contributed by atoms with Crippen LogP contribution in [-0.4, -0.2) is 86.8 Å². The molecule has 0 unspecified atom stereocenters. The minimum absolute atomic E-state index is 0. The molecule has 164 valence electrons. The number of carbonyl (C=O) groups is 1. The van der Waals surface area contributed by atoms with E-state index in [1.54, 1.807) is 0 Å². The normalized spacial score (nSPS) is 20.9. The van der Waals surface area contributed by atoms with Crippen molar-refractivity contribution in [1.29, 1.82) is 0 Å². The fraction of sp³-hybridized carbons (Fsp3) is 0.895. The molecule has 2 aliphatic heterocycles. The van der Waals surface area contributed by atoms with Gasteiger partial charge in [-0.25, -0.2) is 0 Å². The number of carbonyl (C=O) groups excluding carboxylic acids is 1. The second-order valence-corrected chi connectivity index (χ2v) is 8.74. The third-order valence-corrected chi connectivity index (χ3v) is 6.93. The largest absolute Gasteiger partial charge is 0.381 e. The van der Waals surface area contributed by atoms with E-state index in [1.807, 2.05) is 18.8 Å². The monoisotopic (exact) mass is 527 g/mol. The van der Waals surface area contributed by atoms with Crippen LogP contribution in [0.3, 0.4) is 0 Å². The number of halogens is 1. The Morgan fingerprint density at radius 1 is 1.25 bits per heavy atom. The average Bonchev–Trinajstić information content (AvgIpc) is 2.71. The van der Waals surface area contributed by atoms with Crippen molar-refractivity contribution in [3.8, 4) is 0 Å². The highest BCUT2D eigenvalue weighted by atomic mass is 127. The summed E-state index contributed by atoms with van der Waals surface area (Å²) in [6.45, 7) is 7.84. The van der Waals surface area contributed by atoms with Crippen LogP contribution in [0.15, 0.2) is 4.99 Å². The van der Waals surface area contributed by atoms with Crippen molar-refractivity contribution in [2.75, 3.05) is 59.2 Å². The van der Waals surface area contributed by atoms with Crippen LogP contribution in [0.5, 0.6) is 0 Å². The van der Waals surface area contributed by atoms with Crippen LogP contribution < -0.4 is 16.0 Å². The zero-order chi connectivity index (χ0) is 19.5. The molecule has 2 saturated heterocycles. The molecule has 7 nitrogen and oxygen atoms in total. The van der Waals surface area contributed by atoms with E-state index in [0.717, 1.165) is 77.5 Å². The number of hydrogen-bond donors (Lipinski definition) is 3. The Balaban J connectivity index is 0.00000392. The predicted molar refractivity (Wildman–Crippen MR) is 129 cm³/mol. The van der Waals surface area contributed by atoms with Gasteiger partial charge in [-0.05, 0) is 38.4 Å². The van der Waals surface area contributed by atoms with Crippen molar-refractivity contribution in [3.63, 3.8) is 0 Å². The fourth-order valence-electron chi connectivity index (χ4n) is 3.59. The molecule has 28 heavy (non-hydrogen) atoms. The Hall–Kier alpha value is -0.260. The van der Waals surface area contributed by atoms with E-state index in [-0.39, 0.29) is 34.6 Å². The molecule has 3 N–H and O–H groups in total. The van der Waals surface area contributed by atoms with E-state index in [0.29, 0.717) is 12.6 Å². The maximum absolute atomic E-state index is 11.9. The molecule has 0 aliphatic carbocycles. The van der Waals surface area contributed by atoms with Gasteiger partial charge in [-0.1, -0.05) is 6.92 Å². The highest BCUT2D eigenvalue weighted by Crippen LogP contribution is 2.32. The lowest BCUT2D eigenvalue weighted by Crippen LogP contribution is -2.52. The molecule has 2 rings (SSSR count). The van der Waals surface area contributed by atoms with Crippen LogP contribution in [0.25, 0.3) is 0 Å². The first-order chi connectivity index (χ1) is 13.1. The van der Waals surface area contributed by atoms with E-state index in [9.17, 15) is 4.79 Å². The molecule has 0 aromatic rings. The molecule has 2 aliphatic rings. The number of likely N-dealkylation sites (tertiary alicyclic amines) is 1. The van der Waals surface area contributed by atoms with Gasteiger partial charge in [0, 0.05) is 57.2 Å². The van der Waals surface area contributed by atoms with Gasteiger partial charge < -0.3 is 20.7 Å². The smallest absolute Gasteiger partial charge is 0.234 e. The van der Waals surface area contributed by atoms with Gasteiger partial charge in [0.2, 0.25) is 5.91 Å². The zero-order valence-corrected chi connectivity index (χ0v) is 20.7. The van der Waals surface area contributed by atoms with Gasteiger partial charge >= 0.3 is 0 Å². The SMILES string of the molecule is CCCNC(=O)CN1CCC(NC(=NC)NCC2(SC)CCOCC2)CC1.I. The number of amides is 1. The average molecular weight is 528 g/mol. The van der Waals surface area contributed by atoms with Gasteiger partial charge in [-0.15, -0.1) is 24.0 Å². The van der Waals surface area contributed by atoms with Crippen LogP contribution in [-0.2, 0) is 9.53 Å². The van der Waals surface area contributed by atoms with Crippen LogP contribution >= 0.6 is 35.7 Å². The van der Waals surface area contributed by atoms with Gasteiger partial charge in [0.25, 0.3) is 0 Å². The van der Waals surface area contributed by atoms with Crippen LogP contribution in [0, 0.1) is 0 Å². The number of rotatable bonds is 8. The lowest BCUT2D eigenvalue weighted by Gasteiger charge is -2.37. The molecule has 0 saturated carbocycles. The summed E-state index contributed by atoms with van der Waals surface area (Å²) in [6.07, 6.45) is 7.39. The van der Waals surface area contributed by atoms with Gasteiger partial charge in [-0.2, -0.15) is 11.8 Å². The third kappa shape index (κ3) is 8.62. The van der Waals surface area contributed by atoms with Crippen molar-refractivity contribution in [1.82, 2.24) is 20.9 Å². The second-order valence-electron chi connectivity index (χ2n) is 7.47. The summed E-state index contributed by atoms with van der Waals surface area (Å²) in [4.78, 5) is 18.5. The van der Waals surface area contributed by atoms with E-state index in [4.69, 9.17) is 4.74 Å². The summed E-state index contributed by atoms with van der Waals surface area (Å²) >= 11 is 1.93. The molecule has 0 aromatic heterocycles. The van der Waals surface area contributed by atoms with E-state index in [2.05, 4.69) is 39.0 Å². The number of hydrogen-bond acceptors (Lipinski definition) is 5. The molecule has 0 bridgehead atoms. The quantitative estimate of drug-likeness (QED) is 0.253. The Labute approximate surface area is 191 Å². The highest BCUT2D eigenvalue weighted by Gasteiger charge is 2.32. The number of nitrogens with one attached hydrogen (secondary N) is 3. The topological polar surface area (TPSA) is 78.0 Å².